The van der Waals surface area contributed by atoms with Crippen LogP contribution >= 0.6 is 11.6 Å². The van der Waals surface area contributed by atoms with Gasteiger partial charge in [-0.3, -0.25) is 9.59 Å². The van der Waals surface area contributed by atoms with E-state index in [0.29, 0.717) is 13.0 Å². The van der Waals surface area contributed by atoms with Crippen LogP contribution in [-0.4, -0.2) is 37.2 Å². The second-order valence-electron chi connectivity index (χ2n) is 6.98. The van der Waals surface area contributed by atoms with Gasteiger partial charge < -0.3 is 4.90 Å². The fourth-order valence-electron chi connectivity index (χ4n) is 3.09. The quantitative estimate of drug-likeness (QED) is 0.759. The molecule has 0 aromatic heterocycles. The van der Waals surface area contributed by atoms with Crippen LogP contribution in [0.3, 0.4) is 0 Å². The maximum Gasteiger partial charge on any atom is 0.264 e. The Morgan fingerprint density at radius 1 is 1.17 bits per heavy atom. The van der Waals surface area contributed by atoms with Gasteiger partial charge in [0, 0.05) is 18.0 Å². The molecule has 1 unspecified atom stereocenters. The molecule has 1 saturated heterocycles. The molecule has 6 nitrogen and oxygen atoms in total. The van der Waals surface area contributed by atoms with Crippen LogP contribution in [0.4, 0.5) is 0 Å². The Kier molecular flexibility index (Phi) is 6.10. The molecule has 1 fully saturated rings. The summed E-state index contributed by atoms with van der Waals surface area (Å²) in [6.07, 6.45) is 4.08. The first-order valence-corrected chi connectivity index (χ1v) is 10.9. The molecular weight excluding hydrogens is 412 g/mol. The number of carbonyl (C=O) groups is 2. The van der Waals surface area contributed by atoms with E-state index in [9.17, 15) is 18.0 Å². The number of carbonyl (C=O) groups excluding carboxylic acids is 2. The highest BCUT2D eigenvalue weighted by Crippen LogP contribution is 2.32. The molecule has 1 atom stereocenters. The zero-order valence-corrected chi connectivity index (χ0v) is 17.4. The summed E-state index contributed by atoms with van der Waals surface area (Å²) in [6, 6.07) is 15.2. The van der Waals surface area contributed by atoms with Gasteiger partial charge in [0.1, 0.15) is 5.54 Å². The minimum absolute atomic E-state index is 0.107. The average Bonchev–Trinajstić information content (AvgIpc) is 2.67. The minimum atomic E-state index is -4.08. The summed E-state index contributed by atoms with van der Waals surface area (Å²) in [6.45, 7) is 1.97. The van der Waals surface area contributed by atoms with Crippen LogP contribution in [0, 0.1) is 0 Å². The Labute approximate surface area is 175 Å². The molecule has 0 saturated carbocycles. The van der Waals surface area contributed by atoms with Gasteiger partial charge in [-0.25, -0.2) is 13.1 Å². The SMILES string of the molecule is CC1(C(=O)NS(=O)(=O)c2cccc(Cl)c2)CCN1C(=O)C/C=C/c1ccccc1. The van der Waals surface area contributed by atoms with Gasteiger partial charge in [-0.1, -0.05) is 60.2 Å². The summed E-state index contributed by atoms with van der Waals surface area (Å²) in [7, 11) is -4.08. The van der Waals surface area contributed by atoms with Gasteiger partial charge in [-0.15, -0.1) is 0 Å². The summed E-state index contributed by atoms with van der Waals surface area (Å²) >= 11 is 5.84. The molecule has 1 N–H and O–H groups in total. The maximum absolute atomic E-state index is 12.7. The third-order valence-corrected chi connectivity index (χ3v) is 6.51. The smallest absolute Gasteiger partial charge is 0.264 e. The van der Waals surface area contributed by atoms with Gasteiger partial charge in [0.05, 0.1) is 4.90 Å². The van der Waals surface area contributed by atoms with Crippen molar-refractivity contribution in [3.8, 4) is 0 Å². The van der Waals surface area contributed by atoms with Gasteiger partial charge in [0.2, 0.25) is 5.91 Å². The molecule has 3 rings (SSSR count). The topological polar surface area (TPSA) is 83.6 Å². The number of sulfonamides is 1. The Bertz CT molecular complexity index is 1050. The molecule has 1 aliphatic heterocycles. The predicted molar refractivity (Wildman–Crippen MR) is 112 cm³/mol. The van der Waals surface area contributed by atoms with E-state index in [1.54, 1.807) is 19.1 Å². The molecule has 0 spiro atoms. The first kappa shape index (κ1) is 21.1. The van der Waals surface area contributed by atoms with Crippen molar-refractivity contribution in [3.63, 3.8) is 0 Å². The number of halogens is 1. The Hall–Kier alpha value is -2.64. The van der Waals surface area contributed by atoms with Gasteiger partial charge in [-0.05, 0) is 37.1 Å². The third kappa shape index (κ3) is 4.68. The summed E-state index contributed by atoms with van der Waals surface area (Å²) in [4.78, 5) is 26.5. The Balaban J connectivity index is 1.65. The molecule has 0 radical (unpaired) electrons. The van der Waals surface area contributed by atoms with Crippen molar-refractivity contribution in [3.05, 3.63) is 71.3 Å². The number of likely N-dealkylation sites (tertiary alicyclic amines) is 1. The van der Waals surface area contributed by atoms with Gasteiger partial charge in [0.25, 0.3) is 15.9 Å². The van der Waals surface area contributed by atoms with E-state index in [4.69, 9.17) is 11.6 Å². The van der Waals surface area contributed by atoms with Crippen molar-refractivity contribution in [2.75, 3.05) is 6.54 Å². The number of benzene rings is 2. The molecule has 2 aromatic rings. The molecule has 2 aromatic carbocycles. The highest BCUT2D eigenvalue weighted by atomic mass is 35.5. The molecule has 152 valence electrons. The number of rotatable bonds is 6. The van der Waals surface area contributed by atoms with Crippen molar-refractivity contribution in [2.45, 2.75) is 30.2 Å². The number of hydrogen-bond donors (Lipinski definition) is 1. The van der Waals surface area contributed by atoms with Gasteiger partial charge in [0.15, 0.2) is 0 Å². The van der Waals surface area contributed by atoms with Crippen LogP contribution < -0.4 is 4.72 Å². The summed E-state index contributed by atoms with van der Waals surface area (Å²) in [5.74, 6) is -0.967. The lowest BCUT2D eigenvalue weighted by molar-refractivity contribution is -0.155. The highest BCUT2D eigenvalue weighted by molar-refractivity contribution is 7.90. The highest BCUT2D eigenvalue weighted by Gasteiger charge is 2.50. The van der Waals surface area contributed by atoms with Gasteiger partial charge in [-0.2, -0.15) is 0 Å². The van der Waals surface area contributed by atoms with E-state index in [0.717, 1.165) is 5.56 Å². The molecule has 29 heavy (non-hydrogen) atoms. The largest absolute Gasteiger partial charge is 0.328 e. The number of hydrogen-bond acceptors (Lipinski definition) is 4. The lowest BCUT2D eigenvalue weighted by Crippen LogP contribution is -2.67. The van der Waals surface area contributed by atoms with Gasteiger partial charge >= 0.3 is 0 Å². The second-order valence-corrected chi connectivity index (χ2v) is 9.10. The zero-order valence-electron chi connectivity index (χ0n) is 15.8. The Morgan fingerprint density at radius 2 is 1.90 bits per heavy atom. The number of nitrogens with one attached hydrogen (secondary N) is 1. The first-order chi connectivity index (χ1) is 13.7. The van der Waals surface area contributed by atoms with Crippen LogP contribution in [0.2, 0.25) is 5.02 Å². The average molecular weight is 433 g/mol. The molecule has 1 aliphatic rings. The molecule has 1 heterocycles. The van der Waals surface area contributed by atoms with Crippen LogP contribution in [-0.2, 0) is 19.6 Å². The van der Waals surface area contributed by atoms with E-state index in [-0.39, 0.29) is 22.2 Å². The third-order valence-electron chi connectivity index (χ3n) is 4.94. The summed E-state index contributed by atoms with van der Waals surface area (Å²) < 4.78 is 27.0. The van der Waals surface area contributed by atoms with Crippen LogP contribution in [0.1, 0.15) is 25.3 Å². The van der Waals surface area contributed by atoms with E-state index >= 15 is 0 Å². The maximum atomic E-state index is 12.7. The van der Waals surface area contributed by atoms with E-state index in [2.05, 4.69) is 4.72 Å². The van der Waals surface area contributed by atoms with Crippen molar-refractivity contribution in [2.24, 2.45) is 0 Å². The molecule has 8 heteroatoms. The molecule has 0 bridgehead atoms. The lowest BCUT2D eigenvalue weighted by atomic mass is 9.85. The predicted octanol–water partition coefficient (Wildman–Crippen LogP) is 3.24. The molecule has 2 amide bonds. The van der Waals surface area contributed by atoms with Crippen molar-refractivity contribution >= 4 is 39.5 Å². The second kappa shape index (κ2) is 8.39. The summed E-state index contributed by atoms with van der Waals surface area (Å²) in [5.41, 5.74) is -0.236. The zero-order chi connectivity index (χ0) is 21.1. The van der Waals surface area contributed by atoms with E-state index in [1.165, 1.54) is 23.1 Å². The fourth-order valence-corrected chi connectivity index (χ4v) is 4.47. The summed E-state index contributed by atoms with van der Waals surface area (Å²) in [5, 5.41) is 0.247. The van der Waals surface area contributed by atoms with Crippen molar-refractivity contribution < 1.29 is 18.0 Å². The van der Waals surface area contributed by atoms with Crippen LogP contribution in [0.15, 0.2) is 65.6 Å². The first-order valence-electron chi connectivity index (χ1n) is 9.07. The number of amides is 2. The van der Waals surface area contributed by atoms with Crippen LogP contribution in [0.25, 0.3) is 6.08 Å². The number of nitrogens with zero attached hydrogens (tertiary/aromatic N) is 1. The molecular formula is C21H21ClN2O4S. The van der Waals surface area contributed by atoms with E-state index in [1.807, 2.05) is 36.4 Å². The Morgan fingerprint density at radius 3 is 2.52 bits per heavy atom. The lowest BCUT2D eigenvalue weighted by Gasteiger charge is -2.48. The van der Waals surface area contributed by atoms with Crippen molar-refractivity contribution in [1.82, 2.24) is 9.62 Å². The normalized spacial score (nSPS) is 19.0. The monoisotopic (exact) mass is 432 g/mol. The molecule has 0 aliphatic carbocycles. The standard InChI is InChI=1S/C21H21ClN2O4S/c1-21(20(26)23-29(27,28)18-11-6-10-17(22)15-18)13-14-24(21)19(25)12-5-9-16-7-3-2-4-8-16/h2-11,15H,12-14H2,1H3,(H,23,26)/b9-5+. The van der Waals surface area contributed by atoms with E-state index < -0.39 is 21.5 Å². The fraction of sp³-hybridized carbons (Fsp3) is 0.238. The minimum Gasteiger partial charge on any atom is -0.328 e. The van der Waals surface area contributed by atoms with Crippen LogP contribution in [0.5, 0.6) is 0 Å². The van der Waals surface area contributed by atoms with Crippen molar-refractivity contribution in [1.29, 1.82) is 0 Å².